The van der Waals surface area contributed by atoms with Crippen LogP contribution in [0.2, 0.25) is 0 Å². The third-order valence-corrected chi connectivity index (χ3v) is 10.1. The predicted molar refractivity (Wildman–Crippen MR) is 82.7 cm³/mol. The summed E-state index contributed by atoms with van der Waals surface area (Å²) in [6, 6.07) is 0. The summed E-state index contributed by atoms with van der Waals surface area (Å²) in [7, 11) is 0. The van der Waals surface area contributed by atoms with E-state index < -0.39 is 22.7 Å². The van der Waals surface area contributed by atoms with Crippen molar-refractivity contribution >= 4 is 23.1 Å². The van der Waals surface area contributed by atoms with Gasteiger partial charge in [0.25, 0.3) is 0 Å². The average Bonchev–Trinajstić information content (AvgIpc) is 3.14. The average molecular weight is 332 g/mol. The standard InChI is InChI=1S/C21H16O4/c22-10-3-4-11(23)15-9-2-1-8(14(10)15)20-16-6-5-7-13(12(6)18(20)24)19(25)21(9,20)17(7)16/h1-4,6-9,12-17H,5H2. The second-order valence-corrected chi connectivity index (χ2v) is 9.76. The van der Waals surface area contributed by atoms with E-state index in [-0.39, 0.29) is 35.2 Å². The van der Waals surface area contributed by atoms with Crippen molar-refractivity contribution in [1.82, 2.24) is 0 Å². The molecule has 12 atom stereocenters. The fraction of sp³-hybridized carbons (Fsp3) is 0.619. The molecule has 6 saturated carbocycles. The van der Waals surface area contributed by atoms with E-state index in [1.807, 2.05) is 12.2 Å². The molecule has 124 valence electrons. The molecule has 0 amide bonds. The van der Waals surface area contributed by atoms with Crippen LogP contribution in [-0.2, 0) is 19.2 Å². The minimum absolute atomic E-state index is 0.0125. The van der Waals surface area contributed by atoms with E-state index in [0.29, 0.717) is 35.2 Å². The van der Waals surface area contributed by atoms with Crippen molar-refractivity contribution in [3.8, 4) is 0 Å². The van der Waals surface area contributed by atoms with Crippen molar-refractivity contribution in [2.45, 2.75) is 6.42 Å². The van der Waals surface area contributed by atoms with E-state index >= 15 is 0 Å². The Bertz CT molecular complexity index is 883. The van der Waals surface area contributed by atoms with Crippen LogP contribution in [0.25, 0.3) is 0 Å². The number of hydrogen-bond donors (Lipinski definition) is 0. The van der Waals surface area contributed by atoms with E-state index in [2.05, 4.69) is 0 Å². The smallest absolute Gasteiger partial charge is 0.160 e. The molecule has 0 aromatic heterocycles. The largest absolute Gasteiger partial charge is 0.299 e. The number of rotatable bonds is 0. The lowest BCUT2D eigenvalue weighted by molar-refractivity contribution is -0.251. The minimum Gasteiger partial charge on any atom is -0.299 e. The number of carbonyl (C=O) groups is 4. The number of carbonyl (C=O) groups excluding carboxylic acids is 4. The van der Waals surface area contributed by atoms with Crippen LogP contribution in [0.5, 0.6) is 0 Å². The zero-order valence-electron chi connectivity index (χ0n) is 13.4. The van der Waals surface area contributed by atoms with Gasteiger partial charge < -0.3 is 0 Å². The van der Waals surface area contributed by atoms with E-state index in [1.54, 1.807) is 0 Å². The highest BCUT2D eigenvalue weighted by Crippen LogP contribution is 2.95. The van der Waals surface area contributed by atoms with Crippen molar-refractivity contribution in [2.75, 3.05) is 0 Å². The number of fused-ring (bicyclic) bond motifs is 1. The Kier molecular flexibility index (Phi) is 1.52. The van der Waals surface area contributed by atoms with E-state index in [1.165, 1.54) is 12.2 Å². The van der Waals surface area contributed by atoms with Gasteiger partial charge in [0, 0.05) is 35.5 Å². The molecule has 12 unspecified atom stereocenters. The second kappa shape index (κ2) is 3.04. The molecular formula is C21H16O4. The lowest BCUT2D eigenvalue weighted by Gasteiger charge is -2.74. The fourth-order valence-corrected chi connectivity index (χ4v) is 10.3. The Morgan fingerprint density at radius 2 is 1.12 bits per heavy atom. The van der Waals surface area contributed by atoms with Crippen molar-refractivity contribution in [2.24, 2.45) is 70.0 Å². The summed E-state index contributed by atoms with van der Waals surface area (Å²) in [5.74, 6) is 0.545. The zero-order valence-corrected chi connectivity index (χ0v) is 13.4. The van der Waals surface area contributed by atoms with Crippen LogP contribution in [0, 0.1) is 70.0 Å². The van der Waals surface area contributed by atoms with Gasteiger partial charge in [-0.2, -0.15) is 0 Å². The van der Waals surface area contributed by atoms with Crippen molar-refractivity contribution in [3.05, 3.63) is 24.3 Å². The summed E-state index contributed by atoms with van der Waals surface area (Å²) in [6.45, 7) is 0. The number of Topliss-reactive ketones (excluding diaryl/α,β-unsaturated/α-hetero) is 2. The first-order chi connectivity index (χ1) is 12.1. The van der Waals surface area contributed by atoms with Gasteiger partial charge in [-0.1, -0.05) is 12.2 Å². The van der Waals surface area contributed by atoms with Crippen LogP contribution < -0.4 is 0 Å². The van der Waals surface area contributed by atoms with Crippen molar-refractivity contribution < 1.29 is 19.2 Å². The molecule has 2 spiro atoms. The maximum Gasteiger partial charge on any atom is 0.160 e. The molecule has 4 nitrogen and oxygen atoms in total. The van der Waals surface area contributed by atoms with E-state index in [0.717, 1.165) is 6.42 Å². The highest BCUT2D eigenvalue weighted by Gasteiger charge is 3.00. The third-order valence-electron chi connectivity index (χ3n) is 10.1. The fourth-order valence-electron chi connectivity index (χ4n) is 10.3. The molecule has 6 fully saturated rings. The topological polar surface area (TPSA) is 68.3 Å². The first-order valence-corrected chi connectivity index (χ1v) is 9.60. The Morgan fingerprint density at radius 3 is 1.56 bits per heavy atom. The molecule has 0 aromatic carbocycles. The number of allylic oxidation sites excluding steroid dienone is 4. The molecule has 0 aromatic rings. The Morgan fingerprint density at radius 1 is 0.680 bits per heavy atom. The summed E-state index contributed by atoms with van der Waals surface area (Å²) in [5, 5.41) is 0. The molecule has 9 rings (SSSR count). The molecule has 4 heteroatoms. The molecular weight excluding hydrogens is 316 g/mol. The molecule has 0 heterocycles. The predicted octanol–water partition coefficient (Wildman–Crippen LogP) is 1.01. The molecule has 0 N–H and O–H groups in total. The van der Waals surface area contributed by atoms with Gasteiger partial charge in [-0.3, -0.25) is 19.2 Å². The molecule has 0 saturated heterocycles. The van der Waals surface area contributed by atoms with Gasteiger partial charge in [0.05, 0.1) is 10.8 Å². The molecule has 0 aliphatic heterocycles. The van der Waals surface area contributed by atoms with Gasteiger partial charge in [0.15, 0.2) is 11.6 Å². The molecule has 9 aliphatic rings. The van der Waals surface area contributed by atoms with E-state index in [9.17, 15) is 19.2 Å². The summed E-state index contributed by atoms with van der Waals surface area (Å²) in [6.07, 6.45) is 7.95. The van der Waals surface area contributed by atoms with Gasteiger partial charge in [-0.25, -0.2) is 0 Å². The SMILES string of the molecule is O=C1C=CC(=O)C2C1C1C=CC2C23C(=O)C4C5CC6C4C(=O)C12C6C53. The molecule has 25 heavy (non-hydrogen) atoms. The van der Waals surface area contributed by atoms with Gasteiger partial charge in [-0.15, -0.1) is 0 Å². The number of hydrogen-bond acceptors (Lipinski definition) is 4. The van der Waals surface area contributed by atoms with Crippen LogP contribution in [0.3, 0.4) is 0 Å². The van der Waals surface area contributed by atoms with Crippen molar-refractivity contribution in [1.29, 1.82) is 0 Å². The minimum atomic E-state index is -0.631. The lowest BCUT2D eigenvalue weighted by Crippen LogP contribution is -2.80. The van der Waals surface area contributed by atoms with Crippen LogP contribution in [-0.4, -0.2) is 23.1 Å². The highest BCUT2D eigenvalue weighted by atomic mass is 16.2. The molecule has 0 radical (unpaired) electrons. The summed E-state index contributed by atoms with van der Waals surface area (Å²) in [5.41, 5.74) is -1.26. The van der Waals surface area contributed by atoms with Crippen LogP contribution in [0.1, 0.15) is 6.42 Å². The van der Waals surface area contributed by atoms with Gasteiger partial charge >= 0.3 is 0 Å². The summed E-state index contributed by atoms with van der Waals surface area (Å²) in [4.78, 5) is 52.8. The maximum absolute atomic E-state index is 13.7. The van der Waals surface area contributed by atoms with Gasteiger partial charge in [-0.05, 0) is 42.2 Å². The highest BCUT2D eigenvalue weighted by molar-refractivity contribution is 6.16. The second-order valence-electron chi connectivity index (χ2n) is 9.76. The van der Waals surface area contributed by atoms with E-state index in [4.69, 9.17) is 0 Å². The Labute approximate surface area is 143 Å². The maximum atomic E-state index is 13.7. The van der Waals surface area contributed by atoms with Crippen LogP contribution in [0.15, 0.2) is 24.3 Å². The summed E-state index contributed by atoms with van der Waals surface area (Å²) < 4.78 is 0. The monoisotopic (exact) mass is 332 g/mol. The number of ketones is 4. The third kappa shape index (κ3) is 0.756. The Hall–Kier alpha value is -1.84. The zero-order chi connectivity index (χ0) is 16.6. The molecule has 9 aliphatic carbocycles. The van der Waals surface area contributed by atoms with Crippen LogP contribution in [0.4, 0.5) is 0 Å². The first kappa shape index (κ1) is 12.5. The first-order valence-electron chi connectivity index (χ1n) is 9.60. The molecule has 4 bridgehead atoms. The van der Waals surface area contributed by atoms with Crippen LogP contribution >= 0.6 is 0 Å². The van der Waals surface area contributed by atoms with Gasteiger partial charge in [0.1, 0.15) is 11.6 Å². The Balaban J connectivity index is 1.50. The summed E-state index contributed by atoms with van der Waals surface area (Å²) >= 11 is 0. The lowest BCUT2D eigenvalue weighted by atomic mass is 9.25. The quantitative estimate of drug-likeness (QED) is 0.621. The van der Waals surface area contributed by atoms with Gasteiger partial charge in [0.2, 0.25) is 0 Å². The normalized spacial score (nSPS) is 68.2. The van der Waals surface area contributed by atoms with Crippen molar-refractivity contribution in [3.63, 3.8) is 0 Å².